The molecule has 0 spiro atoms. The molecule has 28 heavy (non-hydrogen) atoms. The molecule has 3 unspecified atom stereocenters. The van der Waals surface area contributed by atoms with Crippen molar-refractivity contribution in [1.82, 2.24) is 14.9 Å². The number of carbonyl (C=O) groups is 1. The molecule has 4 nitrogen and oxygen atoms in total. The fraction of sp³-hybridized carbons (Fsp3) is 0.409. The number of thiazole rings is 2. The van der Waals surface area contributed by atoms with Gasteiger partial charge in [0, 0.05) is 36.5 Å². The van der Waals surface area contributed by atoms with Gasteiger partial charge in [0.05, 0.1) is 26.1 Å². The first-order chi connectivity index (χ1) is 13.8. The Morgan fingerprint density at radius 1 is 1.14 bits per heavy atom. The number of nitrogens with zero attached hydrogens (tertiary/aromatic N) is 3. The Morgan fingerprint density at radius 3 is 2.89 bits per heavy atom. The maximum atomic E-state index is 13.5. The third-order valence-corrected chi connectivity index (χ3v) is 8.02. The highest BCUT2D eigenvalue weighted by Gasteiger charge is 2.36. The third-order valence-electron chi connectivity index (χ3n) is 5.91. The lowest BCUT2D eigenvalue weighted by Crippen LogP contribution is -2.44. The van der Waals surface area contributed by atoms with Crippen LogP contribution >= 0.6 is 22.7 Å². The van der Waals surface area contributed by atoms with Crippen molar-refractivity contribution in [3.05, 3.63) is 58.0 Å². The Balaban J connectivity index is 1.38. The van der Waals surface area contributed by atoms with Gasteiger partial charge in [0.2, 0.25) is 5.91 Å². The van der Waals surface area contributed by atoms with Crippen molar-refractivity contribution in [2.75, 3.05) is 13.1 Å². The summed E-state index contributed by atoms with van der Waals surface area (Å²) >= 11 is 3.46. The summed E-state index contributed by atoms with van der Waals surface area (Å²) < 4.78 is 1.21. The van der Waals surface area contributed by atoms with Crippen LogP contribution in [0.5, 0.6) is 0 Å². The summed E-state index contributed by atoms with van der Waals surface area (Å²) in [5.74, 6) is 0.878. The number of rotatable bonds is 3. The van der Waals surface area contributed by atoms with Crippen LogP contribution in [0.15, 0.2) is 48.0 Å². The van der Waals surface area contributed by atoms with E-state index in [-0.39, 0.29) is 11.8 Å². The van der Waals surface area contributed by atoms with Crippen LogP contribution in [0.3, 0.4) is 0 Å². The number of carbonyl (C=O) groups excluding carboxylic acids is 1. The number of hydrogen-bond donors (Lipinski definition) is 0. The minimum Gasteiger partial charge on any atom is -0.342 e. The van der Waals surface area contributed by atoms with Crippen molar-refractivity contribution in [2.24, 2.45) is 5.92 Å². The molecule has 0 saturated carbocycles. The summed E-state index contributed by atoms with van der Waals surface area (Å²) in [7, 11) is 0. The van der Waals surface area contributed by atoms with E-state index in [9.17, 15) is 4.79 Å². The van der Waals surface area contributed by atoms with E-state index in [0.717, 1.165) is 49.3 Å². The quantitative estimate of drug-likeness (QED) is 0.558. The predicted octanol–water partition coefficient (Wildman–Crippen LogP) is 5.21. The molecule has 144 valence electrons. The lowest BCUT2D eigenvalue weighted by molar-refractivity contribution is -0.137. The highest BCUT2D eigenvalue weighted by molar-refractivity contribution is 7.18. The molecule has 1 aliphatic carbocycles. The maximum absolute atomic E-state index is 13.5. The van der Waals surface area contributed by atoms with Gasteiger partial charge < -0.3 is 4.90 Å². The van der Waals surface area contributed by atoms with Gasteiger partial charge in [-0.3, -0.25) is 4.79 Å². The van der Waals surface area contributed by atoms with Crippen molar-refractivity contribution >= 4 is 38.8 Å². The van der Waals surface area contributed by atoms with Gasteiger partial charge in [-0.05, 0) is 37.8 Å². The van der Waals surface area contributed by atoms with Crippen molar-refractivity contribution < 1.29 is 4.79 Å². The zero-order valence-corrected chi connectivity index (χ0v) is 17.3. The molecule has 0 bridgehead atoms. The minimum absolute atomic E-state index is 0.000562. The molecule has 2 aromatic heterocycles. The average molecular weight is 410 g/mol. The van der Waals surface area contributed by atoms with Crippen molar-refractivity contribution in [1.29, 1.82) is 0 Å². The molecule has 2 aliphatic rings. The van der Waals surface area contributed by atoms with Crippen LogP contribution in [-0.2, 0) is 4.79 Å². The number of likely N-dealkylation sites (tertiary alicyclic amines) is 1. The molecule has 1 aliphatic heterocycles. The second-order valence-electron chi connectivity index (χ2n) is 7.67. The SMILES string of the molecule is O=C(C1CC=CCC1c1nc2ccccc2s1)N1CCCC(c2nccs2)C1. The smallest absolute Gasteiger partial charge is 0.226 e. The normalized spacial score (nSPS) is 25.3. The molecule has 1 amide bonds. The summed E-state index contributed by atoms with van der Waals surface area (Å²) in [5, 5.41) is 4.31. The summed E-state index contributed by atoms with van der Waals surface area (Å²) in [6, 6.07) is 8.27. The van der Waals surface area contributed by atoms with E-state index in [4.69, 9.17) is 4.98 Å². The number of amides is 1. The van der Waals surface area contributed by atoms with Gasteiger partial charge in [-0.2, -0.15) is 0 Å². The van der Waals surface area contributed by atoms with E-state index < -0.39 is 0 Å². The Morgan fingerprint density at radius 2 is 2.04 bits per heavy atom. The molecule has 1 aromatic carbocycles. The van der Waals surface area contributed by atoms with Crippen LogP contribution in [0.4, 0.5) is 0 Å². The Bertz CT molecular complexity index is 961. The highest BCUT2D eigenvalue weighted by Crippen LogP contribution is 2.40. The summed E-state index contributed by atoms with van der Waals surface area (Å²) in [6.07, 6.45) is 10.2. The fourth-order valence-electron chi connectivity index (χ4n) is 4.46. The van der Waals surface area contributed by atoms with Crippen LogP contribution in [0, 0.1) is 5.92 Å². The summed E-state index contributed by atoms with van der Waals surface area (Å²) in [4.78, 5) is 25.0. The lowest BCUT2D eigenvalue weighted by Gasteiger charge is -2.36. The fourth-order valence-corrected chi connectivity index (χ4v) is 6.37. The van der Waals surface area contributed by atoms with E-state index in [2.05, 4.69) is 40.2 Å². The second kappa shape index (κ2) is 7.76. The zero-order chi connectivity index (χ0) is 18.9. The topological polar surface area (TPSA) is 46.1 Å². The number of allylic oxidation sites excluding steroid dienone is 2. The Hall–Kier alpha value is -2.05. The van der Waals surface area contributed by atoms with Crippen LogP contribution in [0.2, 0.25) is 0 Å². The molecule has 5 rings (SSSR count). The Labute approximate surface area is 172 Å². The van der Waals surface area contributed by atoms with Gasteiger partial charge in [-0.15, -0.1) is 22.7 Å². The molecule has 1 saturated heterocycles. The first kappa shape index (κ1) is 18.0. The molecule has 3 heterocycles. The highest BCUT2D eigenvalue weighted by atomic mass is 32.1. The molecule has 3 aromatic rings. The van der Waals surface area contributed by atoms with Crippen molar-refractivity contribution in [3.8, 4) is 0 Å². The maximum Gasteiger partial charge on any atom is 0.226 e. The number of hydrogen-bond acceptors (Lipinski definition) is 5. The number of aromatic nitrogens is 2. The van der Waals surface area contributed by atoms with E-state index in [1.165, 1.54) is 9.71 Å². The van der Waals surface area contributed by atoms with Crippen LogP contribution in [0.25, 0.3) is 10.2 Å². The van der Waals surface area contributed by atoms with Gasteiger partial charge >= 0.3 is 0 Å². The summed E-state index contributed by atoms with van der Waals surface area (Å²) in [5.41, 5.74) is 1.05. The van der Waals surface area contributed by atoms with Gasteiger partial charge in [-0.1, -0.05) is 24.3 Å². The average Bonchev–Trinajstić information content (AvgIpc) is 3.43. The van der Waals surface area contributed by atoms with Gasteiger partial charge in [-0.25, -0.2) is 9.97 Å². The summed E-state index contributed by atoms with van der Waals surface area (Å²) in [6.45, 7) is 1.67. The van der Waals surface area contributed by atoms with E-state index in [1.807, 2.05) is 17.6 Å². The predicted molar refractivity (Wildman–Crippen MR) is 115 cm³/mol. The zero-order valence-electron chi connectivity index (χ0n) is 15.7. The van der Waals surface area contributed by atoms with Crippen LogP contribution in [0.1, 0.15) is 47.5 Å². The first-order valence-corrected chi connectivity index (χ1v) is 11.7. The van der Waals surface area contributed by atoms with Crippen LogP contribution < -0.4 is 0 Å². The molecular weight excluding hydrogens is 386 g/mol. The van der Waals surface area contributed by atoms with Crippen molar-refractivity contribution in [3.63, 3.8) is 0 Å². The monoisotopic (exact) mass is 409 g/mol. The number of fused-ring (bicyclic) bond motifs is 1. The van der Waals surface area contributed by atoms with E-state index in [0.29, 0.717) is 11.8 Å². The van der Waals surface area contributed by atoms with Crippen LogP contribution in [-0.4, -0.2) is 33.9 Å². The minimum atomic E-state index is 0.000562. The van der Waals surface area contributed by atoms with Gasteiger partial charge in [0.1, 0.15) is 0 Å². The molecule has 3 atom stereocenters. The van der Waals surface area contributed by atoms with E-state index in [1.54, 1.807) is 22.7 Å². The molecule has 0 radical (unpaired) electrons. The third kappa shape index (κ3) is 3.40. The standard InChI is InChI=1S/C22H23N3OS2/c26-22(25-12-5-6-15(14-25)20-23-11-13-27-20)17-8-2-1-7-16(17)21-24-18-9-3-4-10-19(18)28-21/h1-4,9-11,13,15-17H,5-8,12,14H2. The lowest BCUT2D eigenvalue weighted by atomic mass is 9.81. The molecule has 0 N–H and O–H groups in total. The Kier molecular flexibility index (Phi) is 4.99. The number of benzene rings is 1. The molecule has 1 fully saturated rings. The van der Waals surface area contributed by atoms with Gasteiger partial charge in [0.15, 0.2) is 0 Å². The largest absolute Gasteiger partial charge is 0.342 e. The van der Waals surface area contributed by atoms with E-state index >= 15 is 0 Å². The van der Waals surface area contributed by atoms with Gasteiger partial charge in [0.25, 0.3) is 0 Å². The molecular formula is C22H23N3OS2. The first-order valence-electron chi connectivity index (χ1n) is 9.98. The van der Waals surface area contributed by atoms with Crippen molar-refractivity contribution in [2.45, 2.75) is 37.5 Å². The molecule has 6 heteroatoms. The number of para-hydroxylation sites is 1. The second-order valence-corrected chi connectivity index (χ2v) is 9.66. The number of piperidine rings is 1.